The van der Waals surface area contributed by atoms with E-state index in [9.17, 15) is 0 Å². The van der Waals surface area contributed by atoms with Crippen molar-refractivity contribution in [3.63, 3.8) is 0 Å². The highest BCUT2D eigenvalue weighted by molar-refractivity contribution is 5.35. The van der Waals surface area contributed by atoms with Crippen LogP contribution in [-0.2, 0) is 11.2 Å². The summed E-state index contributed by atoms with van der Waals surface area (Å²) in [6, 6.07) is 6.35. The zero-order chi connectivity index (χ0) is 11.5. The molecule has 2 heteroatoms. The molecule has 1 heterocycles. The summed E-state index contributed by atoms with van der Waals surface area (Å²) in [6.45, 7) is 7.02. The molecule has 16 heavy (non-hydrogen) atoms. The number of hydrogen-bond donors (Lipinski definition) is 0. The molecule has 88 valence electrons. The zero-order valence-electron chi connectivity index (χ0n) is 10.3. The third-order valence-corrected chi connectivity index (χ3v) is 3.16. The quantitative estimate of drug-likeness (QED) is 0.711. The smallest absolute Gasteiger partial charge is 0.119 e. The molecule has 1 aliphatic rings. The van der Waals surface area contributed by atoms with Crippen LogP contribution in [0.3, 0.4) is 0 Å². The van der Waals surface area contributed by atoms with Crippen LogP contribution in [0.15, 0.2) is 18.2 Å². The summed E-state index contributed by atoms with van der Waals surface area (Å²) in [5.74, 6) is 0.972. The summed E-state index contributed by atoms with van der Waals surface area (Å²) in [6.07, 6.45) is 3.21. The van der Waals surface area contributed by atoms with Crippen molar-refractivity contribution in [2.45, 2.75) is 45.8 Å². The fourth-order valence-electron chi connectivity index (χ4n) is 2.04. The lowest BCUT2D eigenvalue weighted by molar-refractivity contribution is 0.340. The topological polar surface area (TPSA) is 21.8 Å². The van der Waals surface area contributed by atoms with Gasteiger partial charge in [0.25, 0.3) is 0 Å². The van der Waals surface area contributed by atoms with Crippen LogP contribution < -0.4 is 4.74 Å². The second-order valence-corrected chi connectivity index (χ2v) is 4.44. The van der Waals surface area contributed by atoms with Crippen molar-refractivity contribution < 1.29 is 9.47 Å². The number of ether oxygens (including phenoxy) is 2. The molecule has 2 nitrogen and oxygen atoms in total. The molecule has 0 spiro atoms. The monoisotopic (exact) mass is 220 g/mol. The summed E-state index contributed by atoms with van der Waals surface area (Å²) in [5.41, 5.74) is 2.73. The zero-order valence-corrected chi connectivity index (χ0v) is 10.3. The highest BCUT2D eigenvalue weighted by Crippen LogP contribution is 2.27. The number of benzene rings is 1. The van der Waals surface area contributed by atoms with Gasteiger partial charge >= 0.3 is 0 Å². The van der Waals surface area contributed by atoms with Gasteiger partial charge in [0, 0.05) is 0 Å². The molecule has 1 saturated heterocycles. The van der Waals surface area contributed by atoms with Gasteiger partial charge in [0.05, 0.1) is 18.8 Å². The van der Waals surface area contributed by atoms with E-state index in [4.69, 9.17) is 9.47 Å². The van der Waals surface area contributed by atoms with Crippen molar-refractivity contribution in [3.05, 3.63) is 29.3 Å². The van der Waals surface area contributed by atoms with Gasteiger partial charge in [-0.15, -0.1) is 0 Å². The van der Waals surface area contributed by atoms with Gasteiger partial charge in [-0.2, -0.15) is 0 Å². The molecule has 1 aromatic carbocycles. The molecular formula is C14H20O2. The molecule has 2 atom stereocenters. The lowest BCUT2D eigenvalue weighted by Crippen LogP contribution is -1.97. The van der Waals surface area contributed by atoms with E-state index in [-0.39, 0.29) is 0 Å². The second kappa shape index (κ2) is 4.88. The van der Waals surface area contributed by atoms with Crippen LogP contribution in [0.2, 0.25) is 0 Å². The van der Waals surface area contributed by atoms with Gasteiger partial charge in [-0.25, -0.2) is 0 Å². The van der Waals surface area contributed by atoms with E-state index in [0.29, 0.717) is 12.2 Å². The Balaban J connectivity index is 1.93. The molecule has 1 aromatic rings. The van der Waals surface area contributed by atoms with E-state index >= 15 is 0 Å². The van der Waals surface area contributed by atoms with E-state index < -0.39 is 0 Å². The predicted molar refractivity (Wildman–Crippen MR) is 65.0 cm³/mol. The van der Waals surface area contributed by atoms with E-state index in [0.717, 1.165) is 25.2 Å². The van der Waals surface area contributed by atoms with Crippen molar-refractivity contribution in [3.8, 4) is 5.75 Å². The standard InChI is InChI=1S/C14H20O2/c1-4-15-13-7-5-12(10(2)9-13)6-8-14-11(3)16-14/h5,7,9,11,14H,4,6,8H2,1-3H3. The molecule has 0 aliphatic carbocycles. The number of aryl methyl sites for hydroxylation is 2. The van der Waals surface area contributed by atoms with Crippen LogP contribution in [0.5, 0.6) is 5.75 Å². The summed E-state index contributed by atoms with van der Waals surface area (Å²) >= 11 is 0. The van der Waals surface area contributed by atoms with Crippen molar-refractivity contribution in [2.24, 2.45) is 0 Å². The average Bonchev–Trinajstić information content (AvgIpc) is 2.94. The van der Waals surface area contributed by atoms with Crippen LogP contribution in [0.1, 0.15) is 31.4 Å². The molecular weight excluding hydrogens is 200 g/mol. The molecule has 1 aliphatic heterocycles. The van der Waals surface area contributed by atoms with Gasteiger partial charge in [-0.3, -0.25) is 0 Å². The first-order valence-corrected chi connectivity index (χ1v) is 6.08. The summed E-state index contributed by atoms with van der Waals surface area (Å²) in [7, 11) is 0. The first kappa shape index (κ1) is 11.5. The van der Waals surface area contributed by atoms with Crippen molar-refractivity contribution >= 4 is 0 Å². The Hall–Kier alpha value is -1.02. The van der Waals surface area contributed by atoms with Gasteiger partial charge in [-0.05, 0) is 56.9 Å². The van der Waals surface area contributed by atoms with E-state index in [1.165, 1.54) is 11.1 Å². The molecule has 2 rings (SSSR count). The fraction of sp³-hybridized carbons (Fsp3) is 0.571. The normalized spacial score (nSPS) is 23.2. The van der Waals surface area contributed by atoms with Gasteiger partial charge in [0.15, 0.2) is 0 Å². The summed E-state index contributed by atoms with van der Waals surface area (Å²) in [4.78, 5) is 0. The van der Waals surface area contributed by atoms with Crippen LogP contribution >= 0.6 is 0 Å². The minimum atomic E-state index is 0.475. The fourth-order valence-corrected chi connectivity index (χ4v) is 2.04. The van der Waals surface area contributed by atoms with E-state index in [2.05, 4.69) is 32.0 Å². The number of hydrogen-bond acceptors (Lipinski definition) is 2. The van der Waals surface area contributed by atoms with Crippen molar-refractivity contribution in [2.75, 3.05) is 6.61 Å². The molecule has 2 unspecified atom stereocenters. The molecule has 0 N–H and O–H groups in total. The number of epoxide rings is 1. The maximum atomic E-state index is 5.47. The van der Waals surface area contributed by atoms with Gasteiger partial charge in [0.2, 0.25) is 0 Å². The predicted octanol–water partition coefficient (Wildman–Crippen LogP) is 3.11. The first-order chi connectivity index (χ1) is 7.70. The minimum absolute atomic E-state index is 0.475. The highest BCUT2D eigenvalue weighted by Gasteiger charge is 2.33. The number of rotatable bonds is 5. The molecule has 0 aromatic heterocycles. The maximum absolute atomic E-state index is 5.47. The van der Waals surface area contributed by atoms with Crippen LogP contribution in [-0.4, -0.2) is 18.8 Å². The highest BCUT2D eigenvalue weighted by atomic mass is 16.6. The lowest BCUT2D eigenvalue weighted by Gasteiger charge is -2.08. The maximum Gasteiger partial charge on any atom is 0.119 e. The van der Waals surface area contributed by atoms with Crippen LogP contribution in [0.4, 0.5) is 0 Å². The Bertz CT molecular complexity index is 360. The molecule has 0 bridgehead atoms. The van der Waals surface area contributed by atoms with E-state index in [1.807, 2.05) is 6.92 Å². The largest absolute Gasteiger partial charge is 0.494 e. The second-order valence-electron chi connectivity index (χ2n) is 4.44. The molecule has 1 fully saturated rings. The average molecular weight is 220 g/mol. The van der Waals surface area contributed by atoms with Crippen molar-refractivity contribution in [1.29, 1.82) is 0 Å². The van der Waals surface area contributed by atoms with E-state index in [1.54, 1.807) is 0 Å². The minimum Gasteiger partial charge on any atom is -0.494 e. The Morgan fingerprint density at radius 2 is 2.12 bits per heavy atom. The lowest BCUT2D eigenvalue weighted by atomic mass is 10.0. The van der Waals surface area contributed by atoms with Crippen LogP contribution in [0, 0.1) is 6.92 Å². The Kier molecular flexibility index (Phi) is 3.49. The SMILES string of the molecule is CCOc1ccc(CCC2OC2C)c(C)c1. The summed E-state index contributed by atoms with van der Waals surface area (Å²) in [5, 5.41) is 0. The first-order valence-electron chi connectivity index (χ1n) is 6.08. The molecule has 0 saturated carbocycles. The third-order valence-electron chi connectivity index (χ3n) is 3.16. The van der Waals surface area contributed by atoms with Crippen LogP contribution in [0.25, 0.3) is 0 Å². The Labute approximate surface area is 97.6 Å². The van der Waals surface area contributed by atoms with Gasteiger partial charge < -0.3 is 9.47 Å². The Morgan fingerprint density at radius 1 is 1.38 bits per heavy atom. The Morgan fingerprint density at radius 3 is 2.69 bits per heavy atom. The molecule has 0 radical (unpaired) electrons. The van der Waals surface area contributed by atoms with Crippen molar-refractivity contribution in [1.82, 2.24) is 0 Å². The molecule has 0 amide bonds. The third kappa shape index (κ3) is 2.76. The summed E-state index contributed by atoms with van der Waals surface area (Å²) < 4.78 is 10.9. The van der Waals surface area contributed by atoms with Gasteiger partial charge in [-0.1, -0.05) is 6.07 Å². The van der Waals surface area contributed by atoms with Gasteiger partial charge in [0.1, 0.15) is 5.75 Å².